The van der Waals surface area contributed by atoms with Gasteiger partial charge in [0.15, 0.2) is 0 Å². The molecule has 0 aromatic heterocycles. The molecule has 0 fully saturated rings. The van der Waals surface area contributed by atoms with Gasteiger partial charge in [0.2, 0.25) is 0 Å². The molecule has 0 aliphatic carbocycles. The SMILES string of the molecule is CCCCC(CC)CC(CC)CC(CC)CC(CC)CO. The van der Waals surface area contributed by atoms with E-state index >= 15 is 0 Å². The molecular weight excluding hydrogens is 256 g/mol. The zero-order chi connectivity index (χ0) is 16.1. The van der Waals surface area contributed by atoms with Crippen molar-refractivity contribution in [3.8, 4) is 0 Å². The Balaban J connectivity index is 4.35. The Morgan fingerprint density at radius 1 is 0.619 bits per heavy atom. The molecule has 0 aromatic rings. The van der Waals surface area contributed by atoms with Crippen molar-refractivity contribution < 1.29 is 5.11 Å². The molecule has 21 heavy (non-hydrogen) atoms. The number of aliphatic hydroxyl groups is 1. The van der Waals surface area contributed by atoms with E-state index in [1.165, 1.54) is 57.8 Å². The molecule has 4 unspecified atom stereocenters. The first-order chi connectivity index (χ1) is 10.1. The maximum Gasteiger partial charge on any atom is 0.0459 e. The van der Waals surface area contributed by atoms with Crippen LogP contribution in [0.1, 0.15) is 98.8 Å². The predicted octanol–water partition coefficient (Wildman–Crippen LogP) is 6.44. The van der Waals surface area contributed by atoms with Crippen LogP contribution in [0, 0.1) is 23.7 Å². The van der Waals surface area contributed by atoms with Gasteiger partial charge in [-0.1, -0.05) is 79.6 Å². The maximum atomic E-state index is 9.44. The monoisotopic (exact) mass is 298 g/mol. The van der Waals surface area contributed by atoms with E-state index in [0.717, 1.165) is 24.2 Å². The largest absolute Gasteiger partial charge is 0.396 e. The van der Waals surface area contributed by atoms with Crippen LogP contribution in [0.15, 0.2) is 0 Å². The summed E-state index contributed by atoms with van der Waals surface area (Å²) < 4.78 is 0. The highest BCUT2D eigenvalue weighted by Crippen LogP contribution is 2.31. The third kappa shape index (κ3) is 9.55. The molecule has 0 saturated heterocycles. The third-order valence-corrected chi connectivity index (χ3v) is 5.53. The lowest BCUT2D eigenvalue weighted by molar-refractivity contribution is 0.178. The molecule has 1 heteroatoms. The van der Waals surface area contributed by atoms with Crippen LogP contribution in [0.3, 0.4) is 0 Å². The van der Waals surface area contributed by atoms with Crippen molar-refractivity contribution in [2.45, 2.75) is 98.8 Å². The minimum absolute atomic E-state index is 0.373. The Hall–Kier alpha value is -0.0400. The number of aliphatic hydroxyl groups excluding tert-OH is 1. The first-order valence-electron chi connectivity index (χ1n) is 9.75. The smallest absolute Gasteiger partial charge is 0.0459 e. The summed E-state index contributed by atoms with van der Waals surface area (Å²) in [5, 5.41) is 9.44. The molecule has 0 heterocycles. The van der Waals surface area contributed by atoms with Crippen LogP contribution < -0.4 is 0 Å². The lowest BCUT2D eigenvalue weighted by atomic mass is 9.79. The van der Waals surface area contributed by atoms with Crippen molar-refractivity contribution >= 4 is 0 Å². The zero-order valence-electron chi connectivity index (χ0n) is 15.5. The van der Waals surface area contributed by atoms with Crippen LogP contribution >= 0.6 is 0 Å². The second-order valence-corrected chi connectivity index (χ2v) is 7.13. The molecule has 128 valence electrons. The highest BCUT2D eigenvalue weighted by molar-refractivity contribution is 4.71. The van der Waals surface area contributed by atoms with E-state index in [0.29, 0.717) is 12.5 Å². The van der Waals surface area contributed by atoms with Crippen LogP contribution in [0.4, 0.5) is 0 Å². The van der Waals surface area contributed by atoms with Gasteiger partial charge in [-0.3, -0.25) is 0 Å². The highest BCUT2D eigenvalue weighted by Gasteiger charge is 2.20. The normalized spacial score (nSPS) is 17.4. The molecular formula is C20H42O. The zero-order valence-corrected chi connectivity index (χ0v) is 15.5. The highest BCUT2D eigenvalue weighted by atomic mass is 16.3. The van der Waals surface area contributed by atoms with Gasteiger partial charge in [0.05, 0.1) is 0 Å². The lowest BCUT2D eigenvalue weighted by Gasteiger charge is -2.27. The molecule has 0 rings (SSSR count). The molecule has 0 radical (unpaired) electrons. The average Bonchev–Trinajstić information content (AvgIpc) is 2.53. The van der Waals surface area contributed by atoms with Crippen molar-refractivity contribution in [1.82, 2.24) is 0 Å². The summed E-state index contributed by atoms with van der Waals surface area (Å²) >= 11 is 0. The fraction of sp³-hybridized carbons (Fsp3) is 1.00. The van der Waals surface area contributed by atoms with Gasteiger partial charge in [-0.05, 0) is 42.9 Å². The minimum Gasteiger partial charge on any atom is -0.396 e. The Labute approximate surface area is 134 Å². The summed E-state index contributed by atoms with van der Waals surface area (Å²) in [6.45, 7) is 11.9. The van der Waals surface area contributed by atoms with E-state index in [-0.39, 0.29) is 0 Å². The van der Waals surface area contributed by atoms with Gasteiger partial charge >= 0.3 is 0 Å². The van der Waals surface area contributed by atoms with Crippen molar-refractivity contribution in [2.24, 2.45) is 23.7 Å². The van der Waals surface area contributed by atoms with E-state index in [4.69, 9.17) is 0 Å². The predicted molar refractivity (Wildman–Crippen MR) is 95.6 cm³/mol. The Morgan fingerprint density at radius 3 is 1.43 bits per heavy atom. The summed E-state index contributed by atoms with van der Waals surface area (Å²) in [4.78, 5) is 0. The molecule has 1 N–H and O–H groups in total. The maximum absolute atomic E-state index is 9.44. The second kappa shape index (κ2) is 13.6. The molecule has 0 bridgehead atoms. The Morgan fingerprint density at radius 2 is 1.05 bits per heavy atom. The number of hydrogen-bond acceptors (Lipinski definition) is 1. The van der Waals surface area contributed by atoms with Gasteiger partial charge in [-0.25, -0.2) is 0 Å². The van der Waals surface area contributed by atoms with Crippen molar-refractivity contribution in [2.75, 3.05) is 6.61 Å². The van der Waals surface area contributed by atoms with Crippen LogP contribution in [-0.4, -0.2) is 11.7 Å². The van der Waals surface area contributed by atoms with Crippen LogP contribution in [-0.2, 0) is 0 Å². The van der Waals surface area contributed by atoms with Gasteiger partial charge in [-0.15, -0.1) is 0 Å². The van der Waals surface area contributed by atoms with Gasteiger partial charge in [0.1, 0.15) is 0 Å². The molecule has 0 aliphatic rings. The fourth-order valence-corrected chi connectivity index (χ4v) is 3.63. The quantitative estimate of drug-likeness (QED) is 0.391. The molecule has 0 saturated carbocycles. The van der Waals surface area contributed by atoms with E-state index in [2.05, 4.69) is 34.6 Å². The molecule has 0 aromatic carbocycles. The molecule has 0 spiro atoms. The summed E-state index contributed by atoms with van der Waals surface area (Å²) in [6, 6.07) is 0. The van der Waals surface area contributed by atoms with E-state index in [1.807, 2.05) is 0 Å². The van der Waals surface area contributed by atoms with Gasteiger partial charge in [-0.2, -0.15) is 0 Å². The Kier molecular flexibility index (Phi) is 13.6. The summed E-state index contributed by atoms with van der Waals surface area (Å²) in [7, 11) is 0. The van der Waals surface area contributed by atoms with Crippen molar-refractivity contribution in [1.29, 1.82) is 0 Å². The number of rotatable bonds is 14. The summed E-state index contributed by atoms with van der Waals surface area (Å²) in [5.41, 5.74) is 0. The first kappa shape index (κ1) is 21.0. The van der Waals surface area contributed by atoms with Gasteiger partial charge < -0.3 is 5.11 Å². The van der Waals surface area contributed by atoms with Crippen LogP contribution in [0.5, 0.6) is 0 Å². The average molecular weight is 299 g/mol. The molecule has 4 atom stereocenters. The van der Waals surface area contributed by atoms with E-state index in [1.54, 1.807) is 0 Å². The van der Waals surface area contributed by atoms with Gasteiger partial charge in [0.25, 0.3) is 0 Å². The van der Waals surface area contributed by atoms with Gasteiger partial charge in [0, 0.05) is 6.61 Å². The topological polar surface area (TPSA) is 20.2 Å². The minimum atomic E-state index is 0.373. The van der Waals surface area contributed by atoms with Crippen LogP contribution in [0.25, 0.3) is 0 Å². The first-order valence-corrected chi connectivity index (χ1v) is 9.75. The van der Waals surface area contributed by atoms with Crippen LogP contribution in [0.2, 0.25) is 0 Å². The molecule has 0 aliphatic heterocycles. The summed E-state index contributed by atoms with van der Waals surface area (Å²) in [5.74, 6) is 3.17. The lowest BCUT2D eigenvalue weighted by Crippen LogP contribution is -2.17. The number of unbranched alkanes of at least 4 members (excludes halogenated alkanes) is 1. The van der Waals surface area contributed by atoms with Crippen molar-refractivity contribution in [3.63, 3.8) is 0 Å². The summed E-state index contributed by atoms with van der Waals surface area (Å²) in [6.07, 6.45) is 13.3. The second-order valence-electron chi connectivity index (χ2n) is 7.13. The Bertz CT molecular complexity index is 210. The third-order valence-electron chi connectivity index (χ3n) is 5.53. The van der Waals surface area contributed by atoms with Crippen molar-refractivity contribution in [3.05, 3.63) is 0 Å². The van der Waals surface area contributed by atoms with E-state index in [9.17, 15) is 5.11 Å². The molecule has 0 amide bonds. The standard InChI is InChI=1S/C20H42O/c1-6-11-12-17(7-2)13-18(8-3)14-19(9-4)15-20(10-5)16-21/h17-21H,6-16H2,1-5H3. The number of hydrogen-bond donors (Lipinski definition) is 1. The van der Waals surface area contributed by atoms with E-state index < -0.39 is 0 Å². The molecule has 1 nitrogen and oxygen atoms in total. The fourth-order valence-electron chi connectivity index (χ4n) is 3.63.